The van der Waals surface area contributed by atoms with Crippen LogP contribution in [-0.2, 0) is 4.79 Å². The van der Waals surface area contributed by atoms with Crippen LogP contribution in [0.3, 0.4) is 0 Å². The molecule has 2 aromatic carbocycles. The molecule has 1 atom stereocenters. The summed E-state index contributed by atoms with van der Waals surface area (Å²) in [6, 6.07) is 19.7. The summed E-state index contributed by atoms with van der Waals surface area (Å²) in [7, 11) is 0. The van der Waals surface area contributed by atoms with Crippen molar-refractivity contribution in [1.29, 1.82) is 0 Å². The van der Waals surface area contributed by atoms with Gasteiger partial charge in [0.1, 0.15) is 11.4 Å². The van der Waals surface area contributed by atoms with Crippen LogP contribution in [0.4, 0.5) is 0 Å². The minimum Gasteiger partial charge on any atom is -0.494 e. The van der Waals surface area contributed by atoms with Crippen molar-refractivity contribution in [1.82, 2.24) is 0 Å². The van der Waals surface area contributed by atoms with Gasteiger partial charge in [-0.05, 0) is 62.4 Å². The van der Waals surface area contributed by atoms with E-state index in [0.29, 0.717) is 23.5 Å². The molecule has 3 nitrogen and oxygen atoms in total. The number of unbranched alkanes of at least 4 members (excludes halogenated alkanes) is 6. The van der Waals surface area contributed by atoms with E-state index in [-0.39, 0.29) is 5.78 Å². The molecule has 0 saturated heterocycles. The Labute approximate surface area is 202 Å². The van der Waals surface area contributed by atoms with Gasteiger partial charge in [-0.15, -0.1) is 0 Å². The molecule has 0 aliphatic heterocycles. The summed E-state index contributed by atoms with van der Waals surface area (Å²) >= 11 is 1.44. The van der Waals surface area contributed by atoms with Crippen LogP contribution in [0.25, 0.3) is 0 Å². The SMILES string of the molecule is CCCCCCC/C=C1\C(=O)C(Sc2ccccc2)=CC1(O)CCCCOc1ccccc1. The van der Waals surface area contributed by atoms with Gasteiger partial charge in [-0.1, -0.05) is 86.8 Å². The Morgan fingerprint density at radius 1 is 0.909 bits per heavy atom. The second kappa shape index (κ2) is 13.4. The number of allylic oxidation sites excluding steroid dienone is 2. The number of carbonyl (C=O) groups is 1. The molecule has 1 aliphatic rings. The van der Waals surface area contributed by atoms with Crippen molar-refractivity contribution in [2.45, 2.75) is 75.2 Å². The molecule has 176 valence electrons. The number of ether oxygens (including phenoxy) is 1. The molecule has 0 spiro atoms. The number of carbonyl (C=O) groups excluding carboxylic acids is 1. The third kappa shape index (κ3) is 7.90. The van der Waals surface area contributed by atoms with Gasteiger partial charge < -0.3 is 9.84 Å². The molecule has 4 heteroatoms. The highest BCUT2D eigenvalue weighted by molar-refractivity contribution is 8.04. The second-order valence-electron chi connectivity index (χ2n) is 8.62. The fraction of sp³-hybridized carbons (Fsp3) is 0.414. The van der Waals surface area contributed by atoms with Gasteiger partial charge in [0.25, 0.3) is 0 Å². The van der Waals surface area contributed by atoms with Crippen LogP contribution in [0, 0.1) is 0 Å². The maximum absolute atomic E-state index is 13.2. The van der Waals surface area contributed by atoms with Crippen LogP contribution in [0.2, 0.25) is 0 Å². The van der Waals surface area contributed by atoms with Gasteiger partial charge in [-0.2, -0.15) is 0 Å². The van der Waals surface area contributed by atoms with Crippen molar-refractivity contribution >= 4 is 17.5 Å². The Hall–Kier alpha value is -2.30. The number of benzene rings is 2. The number of para-hydroxylation sites is 1. The van der Waals surface area contributed by atoms with E-state index in [1.165, 1.54) is 37.4 Å². The standard InChI is InChI=1S/C29H36O3S/c1-2-3-4-5-6-13-20-26-28(30)27(33-25-18-11-8-12-19-25)23-29(26,31)21-14-15-22-32-24-16-9-7-10-17-24/h7-12,16-20,23,31H,2-6,13-15,21-22H2,1H3/b26-20+. The molecule has 1 N–H and O–H groups in total. The lowest BCUT2D eigenvalue weighted by Crippen LogP contribution is -2.28. The van der Waals surface area contributed by atoms with Gasteiger partial charge in [0, 0.05) is 10.5 Å². The second-order valence-corrected chi connectivity index (χ2v) is 9.73. The van der Waals surface area contributed by atoms with Gasteiger partial charge in [-0.3, -0.25) is 4.79 Å². The minimum atomic E-state index is -1.19. The molecule has 0 radical (unpaired) electrons. The van der Waals surface area contributed by atoms with Crippen LogP contribution in [0.5, 0.6) is 5.75 Å². The van der Waals surface area contributed by atoms with Crippen molar-refractivity contribution < 1.29 is 14.6 Å². The van der Waals surface area contributed by atoms with Gasteiger partial charge in [0.05, 0.1) is 11.5 Å². The van der Waals surface area contributed by atoms with E-state index in [1.54, 1.807) is 6.08 Å². The summed E-state index contributed by atoms with van der Waals surface area (Å²) in [5.41, 5.74) is -0.634. The third-order valence-electron chi connectivity index (χ3n) is 5.90. The fourth-order valence-electron chi connectivity index (χ4n) is 4.05. The number of hydrogen-bond donors (Lipinski definition) is 1. The maximum Gasteiger partial charge on any atom is 0.198 e. The van der Waals surface area contributed by atoms with Crippen LogP contribution < -0.4 is 4.74 Å². The highest BCUT2D eigenvalue weighted by Crippen LogP contribution is 2.42. The molecule has 1 unspecified atom stereocenters. The first kappa shape index (κ1) is 25.3. The fourth-order valence-corrected chi connectivity index (χ4v) is 5.06. The van der Waals surface area contributed by atoms with Crippen LogP contribution in [-0.4, -0.2) is 23.1 Å². The van der Waals surface area contributed by atoms with Gasteiger partial charge in [-0.25, -0.2) is 0 Å². The molecular formula is C29H36O3S. The van der Waals surface area contributed by atoms with Crippen molar-refractivity contribution in [3.8, 4) is 5.75 Å². The number of ketones is 1. The molecule has 2 aromatic rings. The van der Waals surface area contributed by atoms with E-state index >= 15 is 0 Å². The number of rotatable bonds is 14. The summed E-state index contributed by atoms with van der Waals surface area (Å²) < 4.78 is 5.78. The smallest absolute Gasteiger partial charge is 0.198 e. The number of thioether (sulfide) groups is 1. The lowest BCUT2D eigenvalue weighted by Gasteiger charge is -2.22. The van der Waals surface area contributed by atoms with Crippen molar-refractivity contribution in [2.24, 2.45) is 0 Å². The Balaban J connectivity index is 1.61. The molecule has 1 aliphatic carbocycles. The van der Waals surface area contributed by atoms with E-state index in [2.05, 4.69) is 6.92 Å². The maximum atomic E-state index is 13.2. The first-order valence-electron chi connectivity index (χ1n) is 12.2. The lowest BCUT2D eigenvalue weighted by molar-refractivity contribution is -0.112. The highest BCUT2D eigenvalue weighted by atomic mass is 32.2. The number of aliphatic hydroxyl groups is 1. The van der Waals surface area contributed by atoms with Crippen molar-refractivity contribution in [2.75, 3.05) is 6.61 Å². The predicted octanol–water partition coefficient (Wildman–Crippen LogP) is 7.51. The van der Waals surface area contributed by atoms with Gasteiger partial charge in [0.15, 0.2) is 5.78 Å². The topological polar surface area (TPSA) is 46.5 Å². The molecule has 3 rings (SSSR count). The van der Waals surface area contributed by atoms with Crippen LogP contribution >= 0.6 is 11.8 Å². The van der Waals surface area contributed by atoms with Gasteiger partial charge >= 0.3 is 0 Å². The Bertz CT molecular complexity index is 920. The molecule has 0 amide bonds. The molecular weight excluding hydrogens is 428 g/mol. The Kier molecular flexibility index (Phi) is 10.3. The predicted molar refractivity (Wildman–Crippen MR) is 138 cm³/mol. The summed E-state index contributed by atoms with van der Waals surface area (Å²) in [6.07, 6.45) is 12.7. The summed E-state index contributed by atoms with van der Waals surface area (Å²) in [5, 5.41) is 11.5. The quantitative estimate of drug-likeness (QED) is 0.232. The molecule has 0 aromatic heterocycles. The average Bonchev–Trinajstić information content (AvgIpc) is 3.06. The summed E-state index contributed by atoms with van der Waals surface area (Å²) in [5.74, 6) is 0.831. The van der Waals surface area contributed by atoms with E-state index in [4.69, 9.17) is 4.74 Å². The minimum absolute atomic E-state index is 0.0274. The lowest BCUT2D eigenvalue weighted by atomic mass is 9.90. The Morgan fingerprint density at radius 3 is 2.33 bits per heavy atom. The number of Topliss-reactive ketones (excluding diaryl/α,β-unsaturated/α-hetero) is 1. The largest absolute Gasteiger partial charge is 0.494 e. The Morgan fingerprint density at radius 2 is 1.61 bits per heavy atom. The zero-order chi connectivity index (χ0) is 23.4. The zero-order valence-electron chi connectivity index (χ0n) is 19.7. The van der Waals surface area contributed by atoms with E-state index in [9.17, 15) is 9.90 Å². The van der Waals surface area contributed by atoms with Crippen molar-refractivity contribution in [3.63, 3.8) is 0 Å². The monoisotopic (exact) mass is 464 g/mol. The first-order chi connectivity index (χ1) is 16.1. The summed E-state index contributed by atoms with van der Waals surface area (Å²) in [4.78, 5) is 14.9. The molecule has 0 bridgehead atoms. The molecule has 0 saturated carbocycles. The summed E-state index contributed by atoms with van der Waals surface area (Å²) in [6.45, 7) is 2.81. The first-order valence-corrected chi connectivity index (χ1v) is 13.1. The zero-order valence-corrected chi connectivity index (χ0v) is 20.5. The van der Waals surface area contributed by atoms with E-state index in [1.807, 2.05) is 66.7 Å². The van der Waals surface area contributed by atoms with E-state index in [0.717, 1.165) is 36.3 Å². The van der Waals surface area contributed by atoms with E-state index < -0.39 is 5.60 Å². The highest BCUT2D eigenvalue weighted by Gasteiger charge is 2.41. The van der Waals surface area contributed by atoms with Crippen molar-refractivity contribution in [3.05, 3.63) is 83.3 Å². The molecule has 33 heavy (non-hydrogen) atoms. The average molecular weight is 465 g/mol. The molecule has 0 heterocycles. The molecule has 0 fully saturated rings. The van der Waals surface area contributed by atoms with Gasteiger partial charge in [0.2, 0.25) is 0 Å². The van der Waals surface area contributed by atoms with Crippen LogP contribution in [0.1, 0.15) is 64.7 Å². The van der Waals surface area contributed by atoms with Crippen LogP contribution in [0.15, 0.2) is 88.2 Å². The third-order valence-corrected chi connectivity index (χ3v) is 6.93. The normalized spacial score (nSPS) is 19.2. The number of hydrogen-bond acceptors (Lipinski definition) is 4.